The largest absolute Gasteiger partial charge is 0.444 e. The quantitative estimate of drug-likeness (QED) is 0.517. The average molecular weight is 428 g/mol. The molecule has 0 spiro atoms. The topological polar surface area (TPSA) is 87.7 Å². The molecule has 0 radical (unpaired) electrons. The summed E-state index contributed by atoms with van der Waals surface area (Å²) in [5.41, 5.74) is 0.0493. The Hall–Kier alpha value is -3.27. The number of benzene rings is 1. The standard InChI is InChI=1S/C24H33N3O4/c1-9-15-27(19(28)16-25-22(30)31-24(6,7)8)20(21(29)26-23(3,4)5)18-13-11-17(10-2)12-14-18/h2,9,11-14,20H,1,15-16H2,3-8H3,(H,25,30)(H,26,29). The van der Waals surface area contributed by atoms with Crippen LogP contribution in [-0.4, -0.2) is 47.0 Å². The second-order valence-electron chi connectivity index (χ2n) is 9.10. The van der Waals surface area contributed by atoms with Crippen molar-refractivity contribution in [3.05, 3.63) is 48.0 Å². The van der Waals surface area contributed by atoms with Gasteiger partial charge in [-0.3, -0.25) is 9.59 Å². The number of ether oxygens (including phenoxy) is 1. The van der Waals surface area contributed by atoms with Gasteiger partial charge in [-0.05, 0) is 59.2 Å². The lowest BCUT2D eigenvalue weighted by atomic mass is 10.00. The number of nitrogens with zero attached hydrogens (tertiary/aromatic N) is 1. The van der Waals surface area contributed by atoms with Gasteiger partial charge in [0.2, 0.25) is 11.8 Å². The minimum absolute atomic E-state index is 0.105. The first kappa shape index (κ1) is 25.8. The zero-order chi connectivity index (χ0) is 23.8. The van der Waals surface area contributed by atoms with Crippen LogP contribution in [0.5, 0.6) is 0 Å². The van der Waals surface area contributed by atoms with Crippen LogP contribution in [0.2, 0.25) is 0 Å². The van der Waals surface area contributed by atoms with Gasteiger partial charge in [0, 0.05) is 17.6 Å². The number of hydrogen-bond donors (Lipinski definition) is 2. The molecule has 0 aromatic heterocycles. The second kappa shape index (κ2) is 10.7. The van der Waals surface area contributed by atoms with Gasteiger partial charge in [-0.15, -0.1) is 13.0 Å². The fourth-order valence-corrected chi connectivity index (χ4v) is 2.73. The summed E-state index contributed by atoms with van der Waals surface area (Å²) in [7, 11) is 0. The van der Waals surface area contributed by atoms with Gasteiger partial charge in [0.25, 0.3) is 0 Å². The Morgan fingerprint density at radius 3 is 2.19 bits per heavy atom. The van der Waals surface area contributed by atoms with Crippen LogP contribution in [0.1, 0.15) is 58.7 Å². The van der Waals surface area contributed by atoms with Crippen molar-refractivity contribution in [3.8, 4) is 12.3 Å². The van der Waals surface area contributed by atoms with Gasteiger partial charge in [-0.25, -0.2) is 4.79 Å². The molecule has 0 heterocycles. The van der Waals surface area contributed by atoms with E-state index in [2.05, 4.69) is 23.1 Å². The van der Waals surface area contributed by atoms with Crippen LogP contribution in [0.4, 0.5) is 4.79 Å². The number of terminal acetylenes is 1. The van der Waals surface area contributed by atoms with E-state index in [9.17, 15) is 14.4 Å². The van der Waals surface area contributed by atoms with Crippen molar-refractivity contribution < 1.29 is 19.1 Å². The zero-order valence-corrected chi connectivity index (χ0v) is 19.2. The van der Waals surface area contributed by atoms with Gasteiger partial charge in [0.1, 0.15) is 18.2 Å². The highest BCUT2D eigenvalue weighted by molar-refractivity contribution is 5.90. The summed E-state index contributed by atoms with van der Waals surface area (Å²) in [6.45, 7) is 14.2. The molecule has 1 unspecified atom stereocenters. The third-order valence-corrected chi connectivity index (χ3v) is 3.88. The monoisotopic (exact) mass is 427 g/mol. The molecular formula is C24H33N3O4. The molecule has 1 aromatic carbocycles. The number of alkyl carbamates (subject to hydrolysis) is 1. The molecule has 1 rings (SSSR count). The molecule has 3 amide bonds. The maximum absolute atomic E-state index is 13.2. The van der Waals surface area contributed by atoms with E-state index in [1.54, 1.807) is 45.0 Å². The summed E-state index contributed by atoms with van der Waals surface area (Å²) in [6.07, 6.45) is 6.24. The fourth-order valence-electron chi connectivity index (χ4n) is 2.73. The summed E-state index contributed by atoms with van der Waals surface area (Å²) < 4.78 is 5.17. The number of carbonyl (C=O) groups excluding carboxylic acids is 3. The van der Waals surface area contributed by atoms with E-state index in [0.717, 1.165) is 0 Å². The van der Waals surface area contributed by atoms with Gasteiger partial charge in [-0.1, -0.05) is 24.1 Å². The van der Waals surface area contributed by atoms with Gasteiger partial charge in [0.05, 0.1) is 0 Å². The highest BCUT2D eigenvalue weighted by Crippen LogP contribution is 2.23. The maximum atomic E-state index is 13.2. The number of nitrogens with one attached hydrogen (secondary N) is 2. The number of rotatable bonds is 7. The Labute approximate surface area is 185 Å². The molecule has 168 valence electrons. The van der Waals surface area contributed by atoms with Crippen molar-refractivity contribution in [2.75, 3.05) is 13.1 Å². The summed E-state index contributed by atoms with van der Waals surface area (Å²) in [5, 5.41) is 5.36. The van der Waals surface area contributed by atoms with Crippen molar-refractivity contribution in [1.29, 1.82) is 0 Å². The van der Waals surface area contributed by atoms with E-state index in [0.29, 0.717) is 11.1 Å². The Balaban J connectivity index is 3.20. The molecule has 7 heteroatoms. The van der Waals surface area contributed by atoms with E-state index in [1.165, 1.54) is 11.0 Å². The molecule has 31 heavy (non-hydrogen) atoms. The fraction of sp³-hybridized carbons (Fsp3) is 0.458. The first-order valence-electron chi connectivity index (χ1n) is 10.0. The van der Waals surface area contributed by atoms with E-state index < -0.39 is 29.2 Å². The normalized spacial score (nSPS) is 12.2. The Bertz CT molecular complexity index is 840. The van der Waals surface area contributed by atoms with Gasteiger partial charge in [0.15, 0.2) is 0 Å². The zero-order valence-electron chi connectivity index (χ0n) is 19.2. The molecule has 1 atom stereocenters. The SMILES string of the molecule is C#Cc1ccc(C(C(=O)NC(C)(C)C)N(CC=C)C(=O)CNC(=O)OC(C)(C)C)cc1. The van der Waals surface area contributed by atoms with Gasteiger partial charge < -0.3 is 20.3 Å². The smallest absolute Gasteiger partial charge is 0.408 e. The van der Waals surface area contributed by atoms with E-state index in [-0.39, 0.29) is 19.0 Å². The summed E-state index contributed by atoms with van der Waals surface area (Å²) in [5.74, 6) is 1.72. The van der Waals surface area contributed by atoms with Crippen LogP contribution in [0.25, 0.3) is 0 Å². The molecule has 0 aliphatic heterocycles. The Kier molecular flexibility index (Phi) is 8.87. The lowest BCUT2D eigenvalue weighted by Crippen LogP contribution is -2.51. The summed E-state index contributed by atoms with van der Waals surface area (Å²) in [4.78, 5) is 39.5. The van der Waals surface area contributed by atoms with Crippen LogP contribution in [0, 0.1) is 12.3 Å². The van der Waals surface area contributed by atoms with Crippen LogP contribution in [-0.2, 0) is 14.3 Å². The molecule has 0 saturated carbocycles. The van der Waals surface area contributed by atoms with E-state index >= 15 is 0 Å². The molecule has 0 saturated heterocycles. The summed E-state index contributed by atoms with van der Waals surface area (Å²) >= 11 is 0. The lowest BCUT2D eigenvalue weighted by Gasteiger charge is -2.33. The van der Waals surface area contributed by atoms with Crippen LogP contribution in [0.3, 0.4) is 0 Å². The third-order valence-electron chi connectivity index (χ3n) is 3.88. The summed E-state index contributed by atoms with van der Waals surface area (Å²) in [6, 6.07) is 5.92. The van der Waals surface area contributed by atoms with Gasteiger partial charge >= 0.3 is 6.09 Å². The van der Waals surface area contributed by atoms with Crippen molar-refractivity contribution in [2.45, 2.75) is 58.7 Å². The molecule has 1 aromatic rings. The number of amides is 3. The average Bonchev–Trinajstić information content (AvgIpc) is 2.63. The van der Waals surface area contributed by atoms with Crippen LogP contribution >= 0.6 is 0 Å². The van der Waals surface area contributed by atoms with Crippen molar-refractivity contribution in [2.24, 2.45) is 0 Å². The maximum Gasteiger partial charge on any atom is 0.408 e. The highest BCUT2D eigenvalue weighted by atomic mass is 16.6. The second-order valence-corrected chi connectivity index (χ2v) is 9.10. The molecule has 7 nitrogen and oxygen atoms in total. The number of carbonyl (C=O) groups is 3. The lowest BCUT2D eigenvalue weighted by molar-refractivity contribution is -0.140. The van der Waals surface area contributed by atoms with Crippen molar-refractivity contribution in [3.63, 3.8) is 0 Å². The molecule has 0 aliphatic rings. The molecule has 0 bridgehead atoms. The Morgan fingerprint density at radius 2 is 1.74 bits per heavy atom. The molecule has 0 aliphatic carbocycles. The highest BCUT2D eigenvalue weighted by Gasteiger charge is 2.32. The minimum Gasteiger partial charge on any atom is -0.444 e. The third kappa shape index (κ3) is 8.95. The number of hydrogen-bond acceptors (Lipinski definition) is 4. The van der Waals surface area contributed by atoms with Gasteiger partial charge in [-0.2, -0.15) is 0 Å². The predicted octanol–water partition coefficient (Wildman–Crippen LogP) is 3.16. The first-order valence-corrected chi connectivity index (χ1v) is 10.0. The first-order chi connectivity index (χ1) is 14.3. The molecule has 2 N–H and O–H groups in total. The molecular weight excluding hydrogens is 394 g/mol. The van der Waals surface area contributed by atoms with E-state index in [4.69, 9.17) is 11.2 Å². The predicted molar refractivity (Wildman–Crippen MR) is 121 cm³/mol. The van der Waals surface area contributed by atoms with Crippen LogP contribution in [0.15, 0.2) is 36.9 Å². The van der Waals surface area contributed by atoms with Crippen LogP contribution < -0.4 is 10.6 Å². The van der Waals surface area contributed by atoms with E-state index in [1.807, 2.05) is 20.8 Å². The van der Waals surface area contributed by atoms with Crippen molar-refractivity contribution in [1.82, 2.24) is 15.5 Å². The van der Waals surface area contributed by atoms with Crippen molar-refractivity contribution >= 4 is 17.9 Å². The minimum atomic E-state index is -0.933. The molecule has 0 fully saturated rings. The Morgan fingerprint density at radius 1 is 1.16 bits per heavy atom.